The van der Waals surface area contributed by atoms with Crippen molar-refractivity contribution in [2.75, 3.05) is 0 Å². The summed E-state index contributed by atoms with van der Waals surface area (Å²) in [5.41, 5.74) is 0. The van der Waals surface area contributed by atoms with Crippen molar-refractivity contribution in [1.82, 2.24) is 0 Å². The van der Waals surface area contributed by atoms with Gasteiger partial charge in [0.25, 0.3) is 0 Å². The van der Waals surface area contributed by atoms with Crippen LogP contribution in [0.2, 0.25) is 0 Å². The molecule has 0 heterocycles. The molecule has 0 unspecified atom stereocenters. The normalized spacial score (nSPS) is 2.67. The minimum atomic E-state index is -2.33. The molecule has 40 valence electrons. The first kappa shape index (κ1) is 40.0. The number of carboxylic acid groups (broad SMARTS) is 2. The van der Waals surface area contributed by atoms with Crippen LogP contribution >= 0.6 is 0 Å². The summed E-state index contributed by atoms with van der Waals surface area (Å²) in [5, 5.41) is 16.7. The van der Waals surface area contributed by atoms with E-state index in [0.29, 0.717) is 0 Å². The Bertz CT molecular complexity index is 42.0. The molecule has 0 rings (SSSR count). The second-order valence-corrected chi connectivity index (χ2v) is 0.250. The van der Waals surface area contributed by atoms with Gasteiger partial charge in [-0.3, -0.25) is 0 Å². The number of hydrogen-bond acceptors (Lipinski definition) is 3. The van der Waals surface area contributed by atoms with Crippen LogP contribution in [-0.4, -0.2) is 6.16 Å². The molecule has 9 heavy (non-hydrogen) atoms. The van der Waals surface area contributed by atoms with Crippen LogP contribution in [0.15, 0.2) is 0 Å². The molecule has 0 atom stereocenters. The predicted octanol–water partition coefficient (Wildman–Crippen LogP) is -5.45. The van der Waals surface area contributed by atoms with Crippen molar-refractivity contribution in [3.63, 3.8) is 0 Å². The molecule has 0 aromatic heterocycles. The van der Waals surface area contributed by atoms with E-state index in [0.717, 1.165) is 0 Å². The minimum absolute atomic E-state index is 0. The van der Waals surface area contributed by atoms with Crippen molar-refractivity contribution < 1.29 is 121 Å². The quantitative estimate of drug-likeness (QED) is 0.221. The maximum absolute atomic E-state index is 8.33. The van der Waals surface area contributed by atoms with E-state index in [4.69, 9.17) is 15.0 Å². The molecule has 0 N–H and O–H groups in total. The van der Waals surface area contributed by atoms with Gasteiger partial charge in [0, 0.05) is 0 Å². The fraction of sp³-hybridized carbons (Fsp3) is 0. The van der Waals surface area contributed by atoms with Gasteiger partial charge in [-0.25, -0.2) is 0 Å². The standard InChI is InChI=1S/CH2O3.3Cd.HI.S/c2-1(3)4;;;;;/h(H2,2,3,4);;;;1H;/q;3*+2;;-2/p-3. The Kier molecular flexibility index (Phi) is 135. The zero-order chi connectivity index (χ0) is 3.58. The van der Waals surface area contributed by atoms with Crippen LogP contribution in [0.3, 0.4) is 0 Å². The van der Waals surface area contributed by atoms with Gasteiger partial charge in [-0.15, -0.1) is 0 Å². The molecule has 0 aliphatic heterocycles. The molecule has 0 aliphatic rings. The average molecular weight is 556 g/mol. The average Bonchev–Trinajstić information content (AvgIpc) is 0.811. The molecule has 0 saturated heterocycles. The van der Waals surface area contributed by atoms with Crippen LogP contribution in [0.25, 0.3) is 0 Å². The zero-order valence-corrected chi connectivity index (χ0v) is 19.7. The van der Waals surface area contributed by atoms with Crippen molar-refractivity contribution in [3.8, 4) is 0 Å². The van der Waals surface area contributed by atoms with Crippen LogP contribution in [-0.2, 0) is 95.4 Å². The fourth-order valence-electron chi connectivity index (χ4n) is 0. The van der Waals surface area contributed by atoms with E-state index in [1.165, 1.54) is 0 Å². The number of rotatable bonds is 0. The largest absolute Gasteiger partial charge is 2.00 e. The summed E-state index contributed by atoms with van der Waals surface area (Å²) in [5.74, 6) is 0. The Morgan fingerprint density at radius 1 is 1.00 bits per heavy atom. The summed E-state index contributed by atoms with van der Waals surface area (Å²) in [4.78, 5) is 8.33. The number of halogens is 1. The van der Waals surface area contributed by atoms with Crippen molar-refractivity contribution in [2.24, 2.45) is 0 Å². The topological polar surface area (TPSA) is 63.2 Å². The Morgan fingerprint density at radius 2 is 1.00 bits per heavy atom. The van der Waals surface area contributed by atoms with E-state index >= 15 is 0 Å². The number of carbonyl (C=O) groups is 1. The van der Waals surface area contributed by atoms with Gasteiger partial charge in [-0.1, -0.05) is 0 Å². The Labute approximate surface area is 138 Å². The number of hydrogen-bond donors (Lipinski definition) is 0. The monoisotopic (exact) mass is 561 g/mol. The summed E-state index contributed by atoms with van der Waals surface area (Å²) in [7, 11) is 0. The predicted molar refractivity (Wildman–Crippen MR) is 12.8 cm³/mol. The van der Waals surface area contributed by atoms with Crippen LogP contribution in [0.5, 0.6) is 0 Å². The SMILES string of the molecule is O=C([O-])[O-].[Cd+2].[Cd+2].[Cd+2].[I-].[S-2]. The third-order valence-corrected chi connectivity index (χ3v) is 0. The van der Waals surface area contributed by atoms with Crippen molar-refractivity contribution in [3.05, 3.63) is 0 Å². The van der Waals surface area contributed by atoms with E-state index in [1.54, 1.807) is 0 Å². The number of carbonyl (C=O) groups excluding carboxylic acids is 1. The molecule has 0 aromatic carbocycles. The van der Waals surface area contributed by atoms with Gasteiger partial charge in [0.15, 0.2) is 0 Å². The van der Waals surface area contributed by atoms with Gasteiger partial charge in [-0.05, 0) is 6.16 Å². The van der Waals surface area contributed by atoms with Crippen LogP contribution in [0.4, 0.5) is 4.79 Å². The first-order valence-electron chi connectivity index (χ1n) is 0.612. The summed E-state index contributed by atoms with van der Waals surface area (Å²) >= 11 is 0. The Balaban J connectivity index is -0.00000000450. The van der Waals surface area contributed by atoms with E-state index in [-0.39, 0.29) is 119 Å². The van der Waals surface area contributed by atoms with E-state index in [1.807, 2.05) is 0 Å². The molecule has 0 fully saturated rings. The molecular weight excluding hydrogens is 556 g/mol. The van der Waals surface area contributed by atoms with Gasteiger partial charge >= 0.3 is 81.9 Å². The second kappa shape index (κ2) is 30.4. The van der Waals surface area contributed by atoms with Crippen LogP contribution in [0, 0.1) is 0 Å². The van der Waals surface area contributed by atoms with E-state index in [9.17, 15) is 0 Å². The molecule has 3 nitrogen and oxygen atoms in total. The van der Waals surface area contributed by atoms with Gasteiger partial charge in [-0.2, -0.15) is 0 Å². The smallest absolute Gasteiger partial charge is 2.00 e. The van der Waals surface area contributed by atoms with Gasteiger partial charge in [0.2, 0.25) is 0 Å². The van der Waals surface area contributed by atoms with Crippen LogP contribution < -0.4 is 34.2 Å². The van der Waals surface area contributed by atoms with Crippen molar-refractivity contribution >= 4 is 19.7 Å². The maximum Gasteiger partial charge on any atom is 2.00 e. The minimum Gasteiger partial charge on any atom is -2.00 e. The fourth-order valence-corrected chi connectivity index (χ4v) is 0. The molecule has 0 spiro atoms. The van der Waals surface area contributed by atoms with Crippen molar-refractivity contribution in [1.29, 1.82) is 0 Å². The molecule has 0 aromatic rings. The van der Waals surface area contributed by atoms with Crippen LogP contribution in [0.1, 0.15) is 0 Å². The first-order chi connectivity index (χ1) is 1.73. The van der Waals surface area contributed by atoms with E-state index in [2.05, 4.69) is 0 Å². The summed E-state index contributed by atoms with van der Waals surface area (Å²) < 4.78 is 0. The van der Waals surface area contributed by atoms with Gasteiger partial charge in [0.05, 0.1) is 0 Å². The zero-order valence-electron chi connectivity index (χ0n) is 4.63. The summed E-state index contributed by atoms with van der Waals surface area (Å²) in [6, 6.07) is 0. The van der Waals surface area contributed by atoms with Gasteiger partial charge in [0.1, 0.15) is 0 Å². The molecule has 0 bridgehead atoms. The molecule has 0 amide bonds. The van der Waals surface area contributed by atoms with E-state index < -0.39 is 6.16 Å². The molecule has 0 radical (unpaired) electrons. The third kappa shape index (κ3) is 95.1. The summed E-state index contributed by atoms with van der Waals surface area (Å²) in [6.07, 6.45) is -2.33. The second-order valence-electron chi connectivity index (χ2n) is 0.250. The van der Waals surface area contributed by atoms with Crippen molar-refractivity contribution in [2.45, 2.75) is 0 Å². The molecular formula is CCd3IO3S+. The maximum atomic E-state index is 8.33. The van der Waals surface area contributed by atoms with Gasteiger partial charge < -0.3 is 52.5 Å². The Hall–Kier alpha value is 3.12. The molecule has 0 aliphatic carbocycles. The summed E-state index contributed by atoms with van der Waals surface area (Å²) in [6.45, 7) is 0. The first-order valence-corrected chi connectivity index (χ1v) is 0.612. The molecule has 8 heteroatoms. The Morgan fingerprint density at radius 3 is 1.00 bits per heavy atom. The molecule has 0 saturated carbocycles. The third-order valence-electron chi connectivity index (χ3n) is 0.